The second-order valence-electron chi connectivity index (χ2n) is 8.55. The van der Waals surface area contributed by atoms with E-state index in [0.717, 1.165) is 42.9 Å². The number of hydrogen-bond acceptors (Lipinski definition) is 4. The summed E-state index contributed by atoms with van der Waals surface area (Å²) >= 11 is 0. The van der Waals surface area contributed by atoms with E-state index in [9.17, 15) is 9.59 Å². The van der Waals surface area contributed by atoms with E-state index in [1.165, 1.54) is 25.7 Å². The quantitative estimate of drug-likeness (QED) is 0.779. The minimum Gasteiger partial charge on any atom is -0.357 e. The Bertz CT molecular complexity index is 878. The first-order valence-electron chi connectivity index (χ1n) is 11.5. The average molecular weight is 421 g/mol. The van der Waals surface area contributed by atoms with Crippen molar-refractivity contribution in [1.82, 2.24) is 15.2 Å². The number of rotatable bonds is 6. The summed E-state index contributed by atoms with van der Waals surface area (Å²) in [6.45, 7) is 3.20. The van der Waals surface area contributed by atoms with E-state index in [1.807, 2.05) is 42.6 Å². The van der Waals surface area contributed by atoms with Gasteiger partial charge in [-0.1, -0.05) is 43.2 Å². The molecule has 1 atom stereocenters. The number of hydrogen-bond donors (Lipinski definition) is 1. The van der Waals surface area contributed by atoms with Gasteiger partial charge in [-0.15, -0.1) is 0 Å². The Morgan fingerprint density at radius 1 is 0.935 bits per heavy atom. The fraction of sp³-hybridized carbons (Fsp3) is 0.480. The molecule has 0 spiro atoms. The van der Waals surface area contributed by atoms with Gasteiger partial charge >= 0.3 is 0 Å². The third kappa shape index (κ3) is 5.63. The van der Waals surface area contributed by atoms with Gasteiger partial charge in [0.1, 0.15) is 11.9 Å². The van der Waals surface area contributed by atoms with Crippen LogP contribution in [0.5, 0.6) is 0 Å². The molecule has 0 aliphatic carbocycles. The number of aromatic nitrogens is 1. The van der Waals surface area contributed by atoms with E-state index in [4.69, 9.17) is 0 Å². The van der Waals surface area contributed by atoms with Gasteiger partial charge < -0.3 is 15.1 Å². The van der Waals surface area contributed by atoms with Crippen molar-refractivity contribution < 1.29 is 9.59 Å². The number of nitrogens with zero attached hydrogens (tertiary/aromatic N) is 3. The van der Waals surface area contributed by atoms with Gasteiger partial charge in [-0.3, -0.25) is 9.59 Å². The Morgan fingerprint density at radius 3 is 2.48 bits per heavy atom. The molecule has 6 nitrogen and oxygen atoms in total. The van der Waals surface area contributed by atoms with Gasteiger partial charge in [0.2, 0.25) is 11.8 Å². The van der Waals surface area contributed by atoms with E-state index in [0.29, 0.717) is 19.5 Å². The fourth-order valence-electron chi connectivity index (χ4n) is 4.56. The largest absolute Gasteiger partial charge is 0.357 e. The number of benzene rings is 1. The molecule has 2 aliphatic heterocycles. The molecule has 164 valence electrons. The molecule has 2 amide bonds. The lowest BCUT2D eigenvalue weighted by atomic mass is 10.1. The highest BCUT2D eigenvalue weighted by Gasteiger charge is 2.33. The number of pyridine rings is 1. The summed E-state index contributed by atoms with van der Waals surface area (Å²) in [5.74, 6) is 0.956. The number of carbonyl (C=O) groups excluding carboxylic acids is 2. The van der Waals surface area contributed by atoms with Crippen molar-refractivity contribution >= 4 is 17.6 Å². The van der Waals surface area contributed by atoms with Crippen LogP contribution >= 0.6 is 0 Å². The number of anilines is 1. The van der Waals surface area contributed by atoms with Gasteiger partial charge in [-0.05, 0) is 48.9 Å². The van der Waals surface area contributed by atoms with Crippen LogP contribution in [0.3, 0.4) is 0 Å². The summed E-state index contributed by atoms with van der Waals surface area (Å²) < 4.78 is 0. The third-order valence-electron chi connectivity index (χ3n) is 6.28. The zero-order chi connectivity index (χ0) is 21.5. The third-order valence-corrected chi connectivity index (χ3v) is 6.28. The highest BCUT2D eigenvalue weighted by molar-refractivity contribution is 5.89. The molecule has 6 heteroatoms. The Hall–Kier alpha value is -2.89. The Labute approximate surface area is 184 Å². The molecular weight excluding hydrogens is 388 g/mol. The molecule has 1 aromatic heterocycles. The molecule has 1 N–H and O–H groups in total. The molecule has 1 aromatic carbocycles. The zero-order valence-corrected chi connectivity index (χ0v) is 18.1. The smallest absolute Gasteiger partial charge is 0.243 e. The van der Waals surface area contributed by atoms with E-state index < -0.39 is 0 Å². The van der Waals surface area contributed by atoms with Crippen molar-refractivity contribution in [2.24, 2.45) is 0 Å². The maximum absolute atomic E-state index is 12.9. The highest BCUT2D eigenvalue weighted by atomic mass is 16.2. The molecule has 0 bridgehead atoms. The van der Waals surface area contributed by atoms with Gasteiger partial charge in [0.05, 0.1) is 6.42 Å². The molecule has 1 unspecified atom stereocenters. The molecule has 31 heavy (non-hydrogen) atoms. The standard InChI is InChI=1S/C25H32N4O2/c30-24(18-20-9-4-3-5-10-20)29-16-8-11-22(29)25(31)27-19-21-12-13-26-23(17-21)28-14-6-1-2-7-15-28/h3-5,9-10,12-13,17,22H,1-2,6-8,11,14-16,18-19H2,(H,27,31). The number of likely N-dealkylation sites (tertiary alicyclic amines) is 1. The van der Waals surface area contributed by atoms with Crippen LogP contribution in [0.15, 0.2) is 48.7 Å². The van der Waals surface area contributed by atoms with Gasteiger partial charge in [0.15, 0.2) is 0 Å². The van der Waals surface area contributed by atoms with Gasteiger partial charge in [0, 0.05) is 32.4 Å². The van der Waals surface area contributed by atoms with Crippen molar-refractivity contribution in [1.29, 1.82) is 0 Å². The van der Waals surface area contributed by atoms with Crippen LogP contribution in [0, 0.1) is 0 Å². The maximum atomic E-state index is 12.9. The molecule has 4 rings (SSSR count). The van der Waals surface area contributed by atoms with Crippen LogP contribution in [-0.2, 0) is 22.6 Å². The average Bonchev–Trinajstić information content (AvgIpc) is 3.14. The van der Waals surface area contributed by atoms with E-state index in [-0.39, 0.29) is 17.9 Å². The molecule has 3 heterocycles. The second-order valence-corrected chi connectivity index (χ2v) is 8.55. The fourth-order valence-corrected chi connectivity index (χ4v) is 4.56. The van der Waals surface area contributed by atoms with Crippen LogP contribution in [0.2, 0.25) is 0 Å². The summed E-state index contributed by atoms with van der Waals surface area (Å²) in [7, 11) is 0. The van der Waals surface area contributed by atoms with Crippen LogP contribution in [0.4, 0.5) is 5.82 Å². The normalized spacial score (nSPS) is 19.2. The summed E-state index contributed by atoms with van der Waals surface area (Å²) in [5.41, 5.74) is 2.03. The first-order chi connectivity index (χ1) is 15.2. The lowest BCUT2D eigenvalue weighted by Crippen LogP contribution is -2.46. The molecule has 2 fully saturated rings. The number of carbonyl (C=O) groups is 2. The highest BCUT2D eigenvalue weighted by Crippen LogP contribution is 2.20. The monoisotopic (exact) mass is 420 g/mol. The molecule has 0 radical (unpaired) electrons. The predicted octanol–water partition coefficient (Wildman–Crippen LogP) is 3.31. The Balaban J connectivity index is 1.33. The molecule has 2 aliphatic rings. The van der Waals surface area contributed by atoms with Gasteiger partial charge in [-0.2, -0.15) is 0 Å². The van der Waals surface area contributed by atoms with Gasteiger partial charge in [-0.25, -0.2) is 4.98 Å². The Morgan fingerprint density at radius 2 is 1.71 bits per heavy atom. The van der Waals surface area contributed by atoms with E-state index in [1.54, 1.807) is 4.90 Å². The molecule has 2 aromatic rings. The van der Waals surface area contributed by atoms with E-state index >= 15 is 0 Å². The molecule has 0 saturated carbocycles. The summed E-state index contributed by atoms with van der Waals surface area (Å²) in [5, 5.41) is 3.05. The predicted molar refractivity (Wildman–Crippen MR) is 122 cm³/mol. The summed E-state index contributed by atoms with van der Waals surface area (Å²) in [6.07, 6.45) is 8.74. The number of amides is 2. The van der Waals surface area contributed by atoms with Crippen molar-refractivity contribution in [2.75, 3.05) is 24.5 Å². The molecule has 2 saturated heterocycles. The minimum absolute atomic E-state index is 0.0243. The van der Waals surface area contributed by atoms with E-state index in [2.05, 4.69) is 21.3 Å². The molecular formula is C25H32N4O2. The summed E-state index contributed by atoms with van der Waals surface area (Å²) in [4.78, 5) is 34.3. The van der Waals surface area contributed by atoms with Crippen molar-refractivity contribution in [3.63, 3.8) is 0 Å². The van der Waals surface area contributed by atoms with Gasteiger partial charge in [0.25, 0.3) is 0 Å². The van der Waals surface area contributed by atoms with Crippen molar-refractivity contribution in [3.8, 4) is 0 Å². The number of nitrogens with one attached hydrogen (secondary N) is 1. The maximum Gasteiger partial charge on any atom is 0.243 e. The van der Waals surface area contributed by atoms with Crippen LogP contribution in [0.25, 0.3) is 0 Å². The van der Waals surface area contributed by atoms with Crippen LogP contribution in [-0.4, -0.2) is 47.4 Å². The van der Waals surface area contributed by atoms with Crippen molar-refractivity contribution in [2.45, 2.75) is 57.5 Å². The topological polar surface area (TPSA) is 65.5 Å². The lowest BCUT2D eigenvalue weighted by Gasteiger charge is -2.24. The zero-order valence-electron chi connectivity index (χ0n) is 18.1. The summed E-state index contributed by atoms with van der Waals surface area (Å²) in [6, 6.07) is 13.4. The minimum atomic E-state index is -0.372. The first-order valence-corrected chi connectivity index (χ1v) is 11.5. The SMILES string of the molecule is O=C(NCc1ccnc(N2CCCCCC2)c1)C1CCCN1C(=O)Cc1ccccc1. The van der Waals surface area contributed by atoms with Crippen LogP contribution < -0.4 is 10.2 Å². The van der Waals surface area contributed by atoms with Crippen molar-refractivity contribution in [3.05, 3.63) is 59.8 Å². The van der Waals surface area contributed by atoms with Crippen LogP contribution in [0.1, 0.15) is 49.7 Å². The Kier molecular flexibility index (Phi) is 7.18. The lowest BCUT2D eigenvalue weighted by molar-refractivity contribution is -0.138. The first kappa shape index (κ1) is 21.3. The second kappa shape index (κ2) is 10.4.